The van der Waals surface area contributed by atoms with Gasteiger partial charge in [-0.05, 0) is 18.1 Å². The smallest absolute Gasteiger partial charge is 0.407 e. The number of amides is 1. The maximum absolute atomic E-state index is 11.2. The third-order valence-corrected chi connectivity index (χ3v) is 2.56. The standard InChI is InChI=1S/C14H15NO3/c1-2-9-17-14(16)15-8-7-11-10-18-13-6-4-3-5-12(11)13/h2-6,10H,1,7-9H2,(H,15,16). The van der Waals surface area contributed by atoms with Gasteiger partial charge in [0, 0.05) is 11.9 Å². The van der Waals surface area contributed by atoms with Gasteiger partial charge in [0.2, 0.25) is 0 Å². The Morgan fingerprint density at radius 3 is 3.11 bits per heavy atom. The van der Waals surface area contributed by atoms with E-state index in [1.165, 1.54) is 6.08 Å². The number of fused-ring (bicyclic) bond motifs is 1. The molecule has 2 aromatic rings. The second-order valence-electron chi connectivity index (χ2n) is 3.82. The average Bonchev–Trinajstić information content (AvgIpc) is 2.80. The highest BCUT2D eigenvalue weighted by molar-refractivity contribution is 5.80. The molecule has 0 aliphatic heterocycles. The molecule has 4 heteroatoms. The number of para-hydroxylation sites is 1. The summed E-state index contributed by atoms with van der Waals surface area (Å²) in [5.41, 5.74) is 1.94. The molecule has 0 saturated heterocycles. The second-order valence-corrected chi connectivity index (χ2v) is 3.82. The van der Waals surface area contributed by atoms with E-state index >= 15 is 0 Å². The highest BCUT2D eigenvalue weighted by atomic mass is 16.5. The van der Waals surface area contributed by atoms with Crippen molar-refractivity contribution >= 4 is 17.1 Å². The zero-order chi connectivity index (χ0) is 12.8. The molecule has 0 fully saturated rings. The molecule has 0 saturated carbocycles. The molecule has 0 aliphatic carbocycles. The van der Waals surface area contributed by atoms with Crippen LogP contribution in [0.2, 0.25) is 0 Å². The Labute approximate surface area is 105 Å². The van der Waals surface area contributed by atoms with Crippen LogP contribution in [0, 0.1) is 0 Å². The number of hydrogen-bond acceptors (Lipinski definition) is 3. The van der Waals surface area contributed by atoms with Crippen molar-refractivity contribution in [3.05, 3.63) is 48.7 Å². The summed E-state index contributed by atoms with van der Waals surface area (Å²) in [6, 6.07) is 7.82. The van der Waals surface area contributed by atoms with E-state index in [-0.39, 0.29) is 6.61 Å². The highest BCUT2D eigenvalue weighted by Gasteiger charge is 2.05. The average molecular weight is 245 g/mol. The predicted molar refractivity (Wildman–Crippen MR) is 69.5 cm³/mol. The summed E-state index contributed by atoms with van der Waals surface area (Å²) in [5.74, 6) is 0. The maximum atomic E-state index is 11.2. The number of carbonyl (C=O) groups is 1. The summed E-state index contributed by atoms with van der Waals surface area (Å²) >= 11 is 0. The fourth-order valence-electron chi connectivity index (χ4n) is 1.71. The van der Waals surface area contributed by atoms with Crippen LogP contribution in [0.1, 0.15) is 5.56 Å². The molecule has 0 unspecified atom stereocenters. The van der Waals surface area contributed by atoms with E-state index in [1.807, 2.05) is 24.3 Å². The van der Waals surface area contributed by atoms with Crippen LogP contribution in [0.3, 0.4) is 0 Å². The number of furan rings is 1. The van der Waals surface area contributed by atoms with Gasteiger partial charge < -0.3 is 14.5 Å². The predicted octanol–water partition coefficient (Wildman–Crippen LogP) is 2.89. The van der Waals surface area contributed by atoms with Crippen LogP contribution >= 0.6 is 0 Å². The quantitative estimate of drug-likeness (QED) is 0.824. The molecule has 1 aromatic heterocycles. The maximum Gasteiger partial charge on any atom is 0.407 e. The number of hydrogen-bond donors (Lipinski definition) is 1. The van der Waals surface area contributed by atoms with Gasteiger partial charge in [-0.2, -0.15) is 0 Å². The van der Waals surface area contributed by atoms with E-state index in [1.54, 1.807) is 6.26 Å². The van der Waals surface area contributed by atoms with Gasteiger partial charge in [0.05, 0.1) is 6.26 Å². The lowest BCUT2D eigenvalue weighted by Gasteiger charge is -2.04. The van der Waals surface area contributed by atoms with Crippen molar-refractivity contribution in [2.75, 3.05) is 13.2 Å². The van der Waals surface area contributed by atoms with Crippen LogP contribution in [0.5, 0.6) is 0 Å². The monoisotopic (exact) mass is 245 g/mol. The van der Waals surface area contributed by atoms with E-state index < -0.39 is 6.09 Å². The van der Waals surface area contributed by atoms with Crippen LogP contribution in [0.15, 0.2) is 47.6 Å². The lowest BCUT2D eigenvalue weighted by atomic mass is 10.1. The molecule has 0 spiro atoms. The zero-order valence-corrected chi connectivity index (χ0v) is 10.0. The van der Waals surface area contributed by atoms with Crippen LogP contribution in [0.25, 0.3) is 11.0 Å². The third kappa shape index (κ3) is 2.91. The summed E-state index contributed by atoms with van der Waals surface area (Å²) in [4.78, 5) is 11.2. The largest absolute Gasteiger partial charge is 0.464 e. The van der Waals surface area contributed by atoms with E-state index in [9.17, 15) is 4.79 Å². The van der Waals surface area contributed by atoms with Gasteiger partial charge in [-0.25, -0.2) is 4.79 Å². The number of rotatable bonds is 5. The SMILES string of the molecule is C=CCOC(=O)NCCc1coc2ccccc12. The molecule has 1 N–H and O–H groups in total. The van der Waals surface area contributed by atoms with Crippen molar-refractivity contribution in [1.29, 1.82) is 0 Å². The van der Waals surface area contributed by atoms with Gasteiger partial charge in [-0.3, -0.25) is 0 Å². The molecule has 0 bridgehead atoms. The minimum absolute atomic E-state index is 0.223. The first kappa shape index (κ1) is 12.2. The number of benzene rings is 1. The molecule has 1 amide bonds. The number of nitrogens with one attached hydrogen (secondary N) is 1. The van der Waals surface area contributed by atoms with E-state index in [0.29, 0.717) is 13.0 Å². The summed E-state index contributed by atoms with van der Waals surface area (Å²) < 4.78 is 10.2. The number of ether oxygens (including phenoxy) is 1. The van der Waals surface area contributed by atoms with Crippen LogP contribution in [-0.2, 0) is 11.2 Å². The molecule has 94 valence electrons. The Kier molecular flexibility index (Phi) is 4.02. The van der Waals surface area contributed by atoms with Crippen molar-refractivity contribution in [2.45, 2.75) is 6.42 Å². The summed E-state index contributed by atoms with van der Waals surface area (Å²) in [6.07, 6.45) is 3.54. The van der Waals surface area contributed by atoms with E-state index in [4.69, 9.17) is 9.15 Å². The first-order chi connectivity index (χ1) is 8.81. The van der Waals surface area contributed by atoms with E-state index in [0.717, 1.165) is 16.5 Å². The number of alkyl carbamates (subject to hydrolysis) is 1. The Bertz CT molecular complexity index is 545. The second kappa shape index (κ2) is 5.91. The van der Waals surface area contributed by atoms with Crippen LogP contribution < -0.4 is 5.32 Å². The minimum atomic E-state index is -0.428. The van der Waals surface area contributed by atoms with Gasteiger partial charge >= 0.3 is 6.09 Å². The minimum Gasteiger partial charge on any atom is -0.464 e. The molecule has 4 nitrogen and oxygen atoms in total. The van der Waals surface area contributed by atoms with Gasteiger partial charge in [0.15, 0.2) is 0 Å². The van der Waals surface area contributed by atoms with Crippen molar-refractivity contribution in [2.24, 2.45) is 0 Å². The summed E-state index contributed by atoms with van der Waals surface area (Å²) in [5, 5.41) is 3.75. The first-order valence-electron chi connectivity index (χ1n) is 5.78. The van der Waals surface area contributed by atoms with Crippen molar-refractivity contribution in [1.82, 2.24) is 5.32 Å². The molecule has 1 heterocycles. The van der Waals surface area contributed by atoms with Gasteiger partial charge in [0.1, 0.15) is 12.2 Å². The molecular weight excluding hydrogens is 230 g/mol. The number of carbonyl (C=O) groups excluding carboxylic acids is 1. The molecule has 0 atom stereocenters. The molecule has 0 aliphatic rings. The normalized spacial score (nSPS) is 10.2. The van der Waals surface area contributed by atoms with E-state index in [2.05, 4.69) is 11.9 Å². The van der Waals surface area contributed by atoms with Gasteiger partial charge in [-0.1, -0.05) is 30.9 Å². The lowest BCUT2D eigenvalue weighted by molar-refractivity contribution is 0.158. The fraction of sp³-hybridized carbons (Fsp3) is 0.214. The van der Waals surface area contributed by atoms with Gasteiger partial charge in [0.25, 0.3) is 0 Å². The van der Waals surface area contributed by atoms with Crippen LogP contribution in [0.4, 0.5) is 4.79 Å². The molecule has 1 aromatic carbocycles. The molecular formula is C14H15NO3. The van der Waals surface area contributed by atoms with Crippen molar-refractivity contribution in [3.8, 4) is 0 Å². The fourth-order valence-corrected chi connectivity index (χ4v) is 1.71. The summed E-state index contributed by atoms with van der Waals surface area (Å²) in [6.45, 7) is 4.21. The summed E-state index contributed by atoms with van der Waals surface area (Å²) in [7, 11) is 0. The highest BCUT2D eigenvalue weighted by Crippen LogP contribution is 2.20. The lowest BCUT2D eigenvalue weighted by Crippen LogP contribution is -2.26. The third-order valence-electron chi connectivity index (χ3n) is 2.56. The van der Waals surface area contributed by atoms with Crippen molar-refractivity contribution < 1.29 is 13.9 Å². The van der Waals surface area contributed by atoms with Crippen LogP contribution in [-0.4, -0.2) is 19.2 Å². The molecule has 2 rings (SSSR count). The Balaban J connectivity index is 1.87. The van der Waals surface area contributed by atoms with Gasteiger partial charge in [-0.15, -0.1) is 0 Å². The Morgan fingerprint density at radius 2 is 2.28 bits per heavy atom. The first-order valence-corrected chi connectivity index (χ1v) is 5.78. The van der Waals surface area contributed by atoms with Crippen molar-refractivity contribution in [3.63, 3.8) is 0 Å². The topological polar surface area (TPSA) is 51.5 Å². The molecule has 18 heavy (non-hydrogen) atoms. The molecule has 0 radical (unpaired) electrons. The Morgan fingerprint density at radius 1 is 1.44 bits per heavy atom. The Hall–Kier alpha value is -2.23. The zero-order valence-electron chi connectivity index (χ0n) is 10.0.